The molecule has 1 aromatic heterocycles. The smallest absolute Gasteiger partial charge is 0.0388 e. The second kappa shape index (κ2) is 4.99. The lowest BCUT2D eigenvalue weighted by Crippen LogP contribution is -2.05. The minimum absolute atomic E-state index is 0.0966. The summed E-state index contributed by atoms with van der Waals surface area (Å²) >= 11 is 1.91. The van der Waals surface area contributed by atoms with E-state index < -0.39 is 0 Å². The topological polar surface area (TPSA) is 0 Å². The molecule has 0 aliphatic carbocycles. The van der Waals surface area contributed by atoms with Crippen molar-refractivity contribution in [1.82, 2.24) is 0 Å². The summed E-state index contributed by atoms with van der Waals surface area (Å²) in [5.74, 6) is 0. The van der Waals surface area contributed by atoms with Crippen molar-refractivity contribution in [3.63, 3.8) is 0 Å². The average molecular weight is 272 g/mol. The van der Waals surface area contributed by atoms with E-state index in [0.29, 0.717) is 5.66 Å². The first-order chi connectivity index (χ1) is 8.77. The number of thiophene rings is 1. The van der Waals surface area contributed by atoms with Gasteiger partial charge < -0.3 is 0 Å². The van der Waals surface area contributed by atoms with E-state index in [1.165, 1.54) is 6.16 Å². The highest BCUT2D eigenvalue weighted by Crippen LogP contribution is 2.61. The first kappa shape index (κ1) is 12.1. The molecular weight excluding hydrogens is 255 g/mol. The van der Waals surface area contributed by atoms with Gasteiger partial charge in [0.1, 0.15) is 0 Å². The fourth-order valence-electron chi connectivity index (χ4n) is 2.61. The Balaban J connectivity index is 2.02. The van der Waals surface area contributed by atoms with Crippen LogP contribution in [0.25, 0.3) is 0 Å². The lowest BCUT2D eigenvalue weighted by molar-refractivity contribution is 1.12. The lowest BCUT2D eigenvalue weighted by atomic mass is 10.1. The van der Waals surface area contributed by atoms with Gasteiger partial charge in [-0.25, -0.2) is 0 Å². The molecule has 0 amide bonds. The highest BCUT2D eigenvalue weighted by molar-refractivity contribution is 7.67. The van der Waals surface area contributed by atoms with E-state index >= 15 is 0 Å². The molecule has 1 aliphatic heterocycles. The molecule has 0 spiro atoms. The second-order valence-electron chi connectivity index (χ2n) is 4.84. The third-order valence-corrected chi connectivity index (χ3v) is 7.88. The van der Waals surface area contributed by atoms with Crippen molar-refractivity contribution in [3.8, 4) is 0 Å². The van der Waals surface area contributed by atoms with E-state index in [4.69, 9.17) is 0 Å². The zero-order chi connectivity index (χ0) is 12.5. The molecule has 18 heavy (non-hydrogen) atoms. The largest absolute Gasteiger partial charge is 0.148 e. The summed E-state index contributed by atoms with van der Waals surface area (Å²) in [6.45, 7) is 4.63. The summed E-state index contributed by atoms with van der Waals surface area (Å²) < 4.78 is 0. The highest BCUT2D eigenvalue weighted by atomic mass is 32.1. The first-order valence-corrected chi connectivity index (χ1v) is 8.76. The third kappa shape index (κ3) is 2.06. The van der Waals surface area contributed by atoms with Crippen molar-refractivity contribution in [2.24, 2.45) is 0 Å². The highest BCUT2D eigenvalue weighted by Gasteiger charge is 2.32. The summed E-state index contributed by atoms with van der Waals surface area (Å²) in [5.41, 5.74) is 3.86. The molecule has 2 heteroatoms. The Labute approximate surface area is 114 Å². The number of allylic oxidation sites excluding steroid dienone is 2. The van der Waals surface area contributed by atoms with Gasteiger partial charge in [0.05, 0.1) is 0 Å². The van der Waals surface area contributed by atoms with Crippen molar-refractivity contribution in [2.45, 2.75) is 19.5 Å². The van der Waals surface area contributed by atoms with Gasteiger partial charge in [-0.1, -0.05) is 55.5 Å². The monoisotopic (exact) mass is 272 g/mol. The lowest BCUT2D eigenvalue weighted by Gasteiger charge is -2.21. The van der Waals surface area contributed by atoms with Gasteiger partial charge in [0.2, 0.25) is 0 Å². The standard InChI is InChI=1S/C16H17PS/c1-12-11-17(14-7-4-3-5-8-14)16(13(12)2)15-9-6-10-18-15/h3-10,16H,11H2,1-2H3. The Morgan fingerprint density at radius 1 is 1.06 bits per heavy atom. The summed E-state index contributed by atoms with van der Waals surface area (Å²) in [7, 11) is -0.0966. The Hall–Kier alpha value is -0.910. The Morgan fingerprint density at radius 3 is 2.50 bits per heavy atom. The SMILES string of the molecule is CC1=C(C)C(c2cccs2)P(c2ccccc2)C1. The fraction of sp³-hybridized carbons (Fsp3) is 0.250. The van der Waals surface area contributed by atoms with E-state index in [-0.39, 0.29) is 7.92 Å². The van der Waals surface area contributed by atoms with E-state index in [1.807, 2.05) is 11.3 Å². The van der Waals surface area contributed by atoms with Crippen LogP contribution in [-0.2, 0) is 0 Å². The van der Waals surface area contributed by atoms with Crippen LogP contribution in [-0.4, -0.2) is 6.16 Å². The van der Waals surface area contributed by atoms with Crippen LogP contribution >= 0.6 is 19.3 Å². The molecule has 0 nitrogen and oxygen atoms in total. The van der Waals surface area contributed by atoms with Crippen molar-refractivity contribution >= 4 is 24.6 Å². The van der Waals surface area contributed by atoms with Crippen LogP contribution < -0.4 is 5.30 Å². The maximum absolute atomic E-state index is 2.32. The van der Waals surface area contributed by atoms with Gasteiger partial charge in [0.15, 0.2) is 0 Å². The summed E-state index contributed by atoms with van der Waals surface area (Å²) in [6.07, 6.45) is 1.27. The van der Waals surface area contributed by atoms with E-state index in [1.54, 1.807) is 21.3 Å². The predicted octanol–water partition coefficient (Wildman–Crippen LogP) is 4.95. The summed E-state index contributed by atoms with van der Waals surface area (Å²) in [5, 5.41) is 3.75. The zero-order valence-corrected chi connectivity index (χ0v) is 12.5. The molecule has 1 aliphatic rings. The molecule has 3 rings (SSSR count). The fourth-order valence-corrected chi connectivity index (χ4v) is 7.01. The number of hydrogen-bond acceptors (Lipinski definition) is 1. The van der Waals surface area contributed by atoms with Gasteiger partial charge in [0.25, 0.3) is 0 Å². The van der Waals surface area contributed by atoms with Gasteiger partial charge in [0, 0.05) is 10.5 Å². The molecule has 2 heterocycles. The van der Waals surface area contributed by atoms with Crippen molar-refractivity contribution in [3.05, 3.63) is 63.9 Å². The van der Waals surface area contributed by atoms with Crippen LogP contribution in [0.3, 0.4) is 0 Å². The molecule has 1 aromatic carbocycles. The Morgan fingerprint density at radius 2 is 1.83 bits per heavy atom. The van der Waals surface area contributed by atoms with Crippen molar-refractivity contribution in [2.75, 3.05) is 6.16 Å². The van der Waals surface area contributed by atoms with Gasteiger partial charge in [-0.05, 0) is 36.8 Å². The molecule has 92 valence electrons. The minimum Gasteiger partial charge on any atom is -0.148 e. The van der Waals surface area contributed by atoms with Crippen LogP contribution in [0.2, 0.25) is 0 Å². The summed E-state index contributed by atoms with van der Waals surface area (Å²) in [6, 6.07) is 15.5. The number of rotatable bonds is 2. The molecule has 0 fully saturated rings. The summed E-state index contributed by atoms with van der Waals surface area (Å²) in [4.78, 5) is 1.54. The van der Waals surface area contributed by atoms with Gasteiger partial charge in [-0.3, -0.25) is 0 Å². The van der Waals surface area contributed by atoms with Crippen LogP contribution in [0.15, 0.2) is 59.0 Å². The Kier molecular flexibility index (Phi) is 3.37. The quantitative estimate of drug-likeness (QED) is 0.536. The molecule has 2 unspecified atom stereocenters. The normalized spacial score (nSPS) is 23.7. The van der Waals surface area contributed by atoms with Crippen LogP contribution in [0, 0.1) is 0 Å². The zero-order valence-electron chi connectivity index (χ0n) is 10.8. The predicted molar refractivity (Wildman–Crippen MR) is 83.3 cm³/mol. The van der Waals surface area contributed by atoms with Crippen molar-refractivity contribution in [1.29, 1.82) is 0 Å². The van der Waals surface area contributed by atoms with Crippen LogP contribution in [0.4, 0.5) is 0 Å². The third-order valence-electron chi connectivity index (χ3n) is 3.70. The van der Waals surface area contributed by atoms with Gasteiger partial charge in [-0.2, -0.15) is 0 Å². The van der Waals surface area contributed by atoms with Crippen molar-refractivity contribution < 1.29 is 0 Å². The van der Waals surface area contributed by atoms with Crippen LogP contribution in [0.5, 0.6) is 0 Å². The second-order valence-corrected chi connectivity index (χ2v) is 8.11. The van der Waals surface area contributed by atoms with Gasteiger partial charge in [-0.15, -0.1) is 11.3 Å². The van der Waals surface area contributed by atoms with E-state index in [0.717, 1.165) is 0 Å². The molecule has 0 N–H and O–H groups in total. The Bertz CT molecular complexity index is 554. The van der Waals surface area contributed by atoms with E-state index in [9.17, 15) is 0 Å². The molecule has 2 aromatic rings. The average Bonchev–Trinajstić information content (AvgIpc) is 3.00. The number of hydrogen-bond donors (Lipinski definition) is 0. The molecule has 0 saturated carbocycles. The first-order valence-electron chi connectivity index (χ1n) is 6.28. The van der Waals surface area contributed by atoms with Crippen LogP contribution in [0.1, 0.15) is 24.4 Å². The molecular formula is C16H17PS. The molecule has 2 atom stereocenters. The number of benzene rings is 1. The van der Waals surface area contributed by atoms with E-state index in [2.05, 4.69) is 61.7 Å². The molecule has 0 bridgehead atoms. The minimum atomic E-state index is -0.0966. The maximum atomic E-state index is 2.32. The maximum Gasteiger partial charge on any atom is 0.0388 e. The molecule has 0 saturated heterocycles. The van der Waals surface area contributed by atoms with Gasteiger partial charge >= 0.3 is 0 Å². The molecule has 0 radical (unpaired) electrons.